The van der Waals surface area contributed by atoms with Crippen LogP contribution < -0.4 is 5.32 Å². The highest BCUT2D eigenvalue weighted by Gasteiger charge is 2.39. The molecule has 3 aliphatic rings. The summed E-state index contributed by atoms with van der Waals surface area (Å²) in [7, 11) is 0. The third kappa shape index (κ3) is 2.45. The van der Waals surface area contributed by atoms with Gasteiger partial charge in [-0.3, -0.25) is 4.79 Å². The van der Waals surface area contributed by atoms with Crippen molar-refractivity contribution in [3.05, 3.63) is 0 Å². The monoisotopic (exact) mass is 258 g/mol. The molecule has 0 spiro atoms. The molecular weight excluding hydrogens is 236 g/mol. The zero-order chi connectivity index (χ0) is 11.0. The van der Waals surface area contributed by atoms with E-state index in [0.717, 1.165) is 32.0 Å². The van der Waals surface area contributed by atoms with Gasteiger partial charge in [0.1, 0.15) is 0 Å². The Hall–Kier alpha value is -0.280. The molecule has 0 radical (unpaired) electrons. The largest absolute Gasteiger partial charge is 0.339 e. The van der Waals surface area contributed by atoms with E-state index in [0.29, 0.717) is 11.9 Å². The van der Waals surface area contributed by atoms with Gasteiger partial charge in [-0.2, -0.15) is 0 Å². The average molecular weight is 259 g/mol. The molecule has 1 saturated carbocycles. The normalized spacial score (nSPS) is 33.3. The molecule has 0 bridgehead atoms. The minimum absolute atomic E-state index is 0. The van der Waals surface area contributed by atoms with Crippen molar-refractivity contribution in [1.82, 2.24) is 10.2 Å². The number of rotatable bonds is 2. The summed E-state index contributed by atoms with van der Waals surface area (Å²) in [6.07, 6.45) is 7.64. The summed E-state index contributed by atoms with van der Waals surface area (Å²) in [6.45, 7) is 2.96. The van der Waals surface area contributed by atoms with Gasteiger partial charge in [0.25, 0.3) is 0 Å². The van der Waals surface area contributed by atoms with Crippen LogP contribution in [0.4, 0.5) is 0 Å². The van der Waals surface area contributed by atoms with E-state index in [4.69, 9.17) is 0 Å². The lowest BCUT2D eigenvalue weighted by molar-refractivity contribution is -0.137. The second kappa shape index (κ2) is 5.57. The van der Waals surface area contributed by atoms with Crippen molar-refractivity contribution in [1.29, 1.82) is 0 Å². The number of halogens is 1. The summed E-state index contributed by atoms with van der Waals surface area (Å²) < 4.78 is 0. The summed E-state index contributed by atoms with van der Waals surface area (Å²) in [5, 5.41) is 3.30. The van der Waals surface area contributed by atoms with Crippen LogP contribution in [0.25, 0.3) is 0 Å². The number of carbonyl (C=O) groups excluding carboxylic acids is 1. The molecule has 2 atom stereocenters. The molecule has 0 aromatic heterocycles. The van der Waals surface area contributed by atoms with E-state index in [-0.39, 0.29) is 18.3 Å². The van der Waals surface area contributed by atoms with Gasteiger partial charge in [-0.1, -0.05) is 6.42 Å². The third-order valence-corrected chi connectivity index (χ3v) is 4.69. The predicted octanol–water partition coefficient (Wildman–Crippen LogP) is 1.81. The molecule has 17 heavy (non-hydrogen) atoms. The molecule has 1 N–H and O–H groups in total. The third-order valence-electron chi connectivity index (χ3n) is 4.69. The maximum atomic E-state index is 12.4. The molecule has 4 heteroatoms. The van der Waals surface area contributed by atoms with Gasteiger partial charge in [-0.15, -0.1) is 12.4 Å². The van der Waals surface area contributed by atoms with Crippen molar-refractivity contribution >= 4 is 18.3 Å². The summed E-state index contributed by atoms with van der Waals surface area (Å²) in [4.78, 5) is 14.6. The van der Waals surface area contributed by atoms with Crippen molar-refractivity contribution in [2.75, 3.05) is 19.6 Å². The first-order valence-electron chi connectivity index (χ1n) is 6.87. The van der Waals surface area contributed by atoms with Crippen LogP contribution in [0.1, 0.15) is 38.5 Å². The first-order chi connectivity index (χ1) is 7.86. The Morgan fingerprint density at radius 1 is 1.12 bits per heavy atom. The van der Waals surface area contributed by atoms with Crippen LogP contribution in [0.15, 0.2) is 0 Å². The van der Waals surface area contributed by atoms with Gasteiger partial charge < -0.3 is 10.2 Å². The highest BCUT2D eigenvalue weighted by Crippen LogP contribution is 2.37. The molecule has 1 amide bonds. The first-order valence-corrected chi connectivity index (χ1v) is 6.87. The fraction of sp³-hybridized carbons (Fsp3) is 0.923. The maximum Gasteiger partial charge on any atom is 0.227 e. The topological polar surface area (TPSA) is 32.3 Å². The Morgan fingerprint density at radius 3 is 2.53 bits per heavy atom. The minimum atomic E-state index is 0. The van der Waals surface area contributed by atoms with Crippen LogP contribution in [0.5, 0.6) is 0 Å². The van der Waals surface area contributed by atoms with Crippen LogP contribution >= 0.6 is 12.4 Å². The molecule has 2 aliphatic heterocycles. The smallest absolute Gasteiger partial charge is 0.227 e. The van der Waals surface area contributed by atoms with Crippen molar-refractivity contribution in [2.24, 2.45) is 11.8 Å². The quantitative estimate of drug-likeness (QED) is 0.819. The highest BCUT2D eigenvalue weighted by atomic mass is 35.5. The van der Waals surface area contributed by atoms with E-state index in [1.165, 1.54) is 32.1 Å². The summed E-state index contributed by atoms with van der Waals surface area (Å²) in [6, 6.07) is 0.599. The van der Waals surface area contributed by atoms with Crippen molar-refractivity contribution in [2.45, 2.75) is 44.6 Å². The van der Waals surface area contributed by atoms with E-state index in [1.54, 1.807) is 0 Å². The lowest BCUT2D eigenvalue weighted by Crippen LogP contribution is -2.45. The zero-order valence-corrected chi connectivity index (χ0v) is 11.2. The van der Waals surface area contributed by atoms with Gasteiger partial charge >= 0.3 is 0 Å². The van der Waals surface area contributed by atoms with Gasteiger partial charge in [0.15, 0.2) is 0 Å². The molecule has 2 heterocycles. The molecule has 98 valence electrons. The SMILES string of the molecule is Cl.O=C(C1CCNC1)N1CCCC1C1CCC1. The van der Waals surface area contributed by atoms with E-state index in [2.05, 4.69) is 10.2 Å². The van der Waals surface area contributed by atoms with Crippen LogP contribution in [-0.4, -0.2) is 36.5 Å². The molecule has 0 aromatic rings. The van der Waals surface area contributed by atoms with E-state index < -0.39 is 0 Å². The van der Waals surface area contributed by atoms with E-state index in [1.807, 2.05) is 0 Å². The molecule has 1 aliphatic carbocycles. The lowest BCUT2D eigenvalue weighted by Gasteiger charge is -2.38. The van der Waals surface area contributed by atoms with E-state index >= 15 is 0 Å². The Morgan fingerprint density at radius 2 is 1.94 bits per heavy atom. The van der Waals surface area contributed by atoms with Crippen LogP contribution in [0.3, 0.4) is 0 Å². The Labute approximate surface area is 110 Å². The molecule has 3 nitrogen and oxygen atoms in total. The second-order valence-corrected chi connectivity index (χ2v) is 5.62. The Balaban J connectivity index is 0.00000108. The number of amides is 1. The number of hydrogen-bond acceptors (Lipinski definition) is 2. The molecule has 3 rings (SSSR count). The van der Waals surface area contributed by atoms with Gasteiger partial charge in [-0.25, -0.2) is 0 Å². The Bertz CT molecular complexity index is 275. The van der Waals surface area contributed by atoms with Crippen LogP contribution in [0, 0.1) is 11.8 Å². The summed E-state index contributed by atoms with van der Waals surface area (Å²) in [5.74, 6) is 1.56. The van der Waals surface area contributed by atoms with Gasteiger partial charge in [0, 0.05) is 19.1 Å². The standard InChI is InChI=1S/C13H22N2O.ClH/c16-13(11-6-7-14-9-11)15-8-2-5-12(15)10-3-1-4-10;/h10-12,14H,1-9H2;1H. The summed E-state index contributed by atoms with van der Waals surface area (Å²) >= 11 is 0. The molecule has 2 saturated heterocycles. The number of carbonyl (C=O) groups is 1. The number of nitrogens with zero attached hydrogens (tertiary/aromatic N) is 1. The van der Waals surface area contributed by atoms with E-state index in [9.17, 15) is 4.79 Å². The van der Waals surface area contributed by atoms with Gasteiger partial charge in [-0.05, 0) is 44.6 Å². The number of likely N-dealkylation sites (tertiary alicyclic amines) is 1. The molecule has 0 aromatic carbocycles. The zero-order valence-electron chi connectivity index (χ0n) is 10.4. The molecule has 2 unspecified atom stereocenters. The van der Waals surface area contributed by atoms with Gasteiger partial charge in [0.05, 0.1) is 5.92 Å². The second-order valence-electron chi connectivity index (χ2n) is 5.62. The predicted molar refractivity (Wildman–Crippen MR) is 70.3 cm³/mol. The lowest BCUT2D eigenvalue weighted by atomic mass is 9.78. The summed E-state index contributed by atoms with van der Waals surface area (Å²) in [5.41, 5.74) is 0. The average Bonchev–Trinajstić information content (AvgIpc) is 2.84. The maximum absolute atomic E-state index is 12.4. The van der Waals surface area contributed by atoms with Crippen molar-refractivity contribution in [3.63, 3.8) is 0 Å². The van der Waals surface area contributed by atoms with Crippen LogP contribution in [-0.2, 0) is 4.79 Å². The first kappa shape index (κ1) is 13.2. The van der Waals surface area contributed by atoms with Crippen molar-refractivity contribution < 1.29 is 4.79 Å². The Kier molecular flexibility index (Phi) is 4.31. The number of hydrogen-bond donors (Lipinski definition) is 1. The fourth-order valence-electron chi connectivity index (χ4n) is 3.48. The molecule has 3 fully saturated rings. The van der Waals surface area contributed by atoms with Crippen LogP contribution in [0.2, 0.25) is 0 Å². The molecular formula is C13H23ClN2O. The fourth-order valence-corrected chi connectivity index (χ4v) is 3.48. The number of nitrogens with one attached hydrogen (secondary N) is 1. The highest BCUT2D eigenvalue weighted by molar-refractivity contribution is 5.85. The minimum Gasteiger partial charge on any atom is -0.339 e. The van der Waals surface area contributed by atoms with Gasteiger partial charge in [0.2, 0.25) is 5.91 Å². The van der Waals surface area contributed by atoms with Crippen molar-refractivity contribution in [3.8, 4) is 0 Å².